The van der Waals surface area contributed by atoms with Crippen molar-refractivity contribution in [1.29, 1.82) is 0 Å². The van der Waals surface area contributed by atoms with Crippen LogP contribution in [0, 0.1) is 7.14 Å². The highest BCUT2D eigenvalue weighted by atomic mass is 127. The minimum atomic E-state index is -4.38. The number of hydrogen-bond acceptors (Lipinski definition) is 17. The molecular weight excluding hydrogens is 1560 g/mol. The van der Waals surface area contributed by atoms with E-state index in [9.17, 15) is 42.9 Å². The molecule has 0 aliphatic rings. The lowest BCUT2D eigenvalue weighted by Crippen LogP contribution is -2.38. The molecule has 588 valence electrons. The predicted molar refractivity (Wildman–Crippen MR) is 422 cm³/mol. The maximum absolute atomic E-state index is 13.6. The van der Waals surface area contributed by atoms with Crippen LogP contribution in [-0.4, -0.2) is 158 Å². The zero-order valence-electron chi connectivity index (χ0n) is 64.4. The van der Waals surface area contributed by atoms with E-state index in [0.29, 0.717) is 72.1 Å². The molecule has 23 heteroatoms. The fourth-order valence-electron chi connectivity index (χ4n) is 11.5. The van der Waals surface area contributed by atoms with Crippen LogP contribution in [0.4, 0.5) is 0 Å². The molecule has 2 aromatic carbocycles. The van der Waals surface area contributed by atoms with E-state index in [1.54, 1.807) is 0 Å². The third kappa shape index (κ3) is 53.9. The lowest BCUT2D eigenvalue weighted by molar-refractivity contribution is -0.870. The number of unbranched alkanes of at least 4 members (excludes halogenated alkanes) is 34. The van der Waals surface area contributed by atoms with Crippen LogP contribution >= 0.6 is 60.4 Å². The molecule has 0 saturated carbocycles. The minimum Gasteiger partial charge on any atom is -0.778 e. The van der Waals surface area contributed by atoms with Crippen LogP contribution in [-0.2, 0) is 56.3 Å². The third-order valence-corrected chi connectivity index (χ3v) is 22.4. The summed E-state index contributed by atoms with van der Waals surface area (Å²) in [5.41, 5.74) is 1.16. The first-order valence-corrected chi connectivity index (χ1v) is 44.9. The molecule has 0 fully saturated rings. The van der Waals surface area contributed by atoms with Crippen LogP contribution in [0.2, 0.25) is 0 Å². The summed E-state index contributed by atoms with van der Waals surface area (Å²) in [7, 11) is 2.87. The molecule has 0 bridgehead atoms. The van der Waals surface area contributed by atoms with E-state index < -0.39 is 63.6 Å². The summed E-state index contributed by atoms with van der Waals surface area (Å²) in [6.07, 6.45) is 37.9. The molecule has 2 rings (SSSR count). The maximum atomic E-state index is 13.6. The van der Waals surface area contributed by atoms with E-state index in [2.05, 4.69) is 59.0 Å². The number of esters is 4. The van der Waals surface area contributed by atoms with Crippen LogP contribution in [0.15, 0.2) is 36.4 Å². The summed E-state index contributed by atoms with van der Waals surface area (Å²) < 4.78 is 73.5. The molecule has 0 amide bonds. The number of benzene rings is 2. The summed E-state index contributed by atoms with van der Waals surface area (Å²) in [5, 5.41) is 0. The van der Waals surface area contributed by atoms with Crippen molar-refractivity contribution in [3.63, 3.8) is 0 Å². The van der Waals surface area contributed by atoms with E-state index in [-0.39, 0.29) is 57.9 Å². The molecule has 4 atom stereocenters. The first kappa shape index (κ1) is 95.3. The Kier molecular flexibility index (Phi) is 54.5. The molecule has 4 unspecified atom stereocenters. The van der Waals surface area contributed by atoms with Crippen molar-refractivity contribution in [2.75, 3.05) is 107 Å². The van der Waals surface area contributed by atoms with Crippen LogP contribution in [0.25, 0.3) is 0 Å². The van der Waals surface area contributed by atoms with Gasteiger partial charge in [-0.05, 0) is 120 Å². The van der Waals surface area contributed by atoms with Crippen LogP contribution in [0.1, 0.15) is 299 Å². The Morgan fingerprint density at radius 3 is 0.922 bits per heavy atom. The van der Waals surface area contributed by atoms with Crippen molar-refractivity contribution in [3.8, 4) is 11.5 Å². The normalized spacial score (nSPS) is 13.6. The van der Waals surface area contributed by atoms with Gasteiger partial charge in [0.1, 0.15) is 78.4 Å². The van der Waals surface area contributed by atoms with E-state index in [4.69, 9.17) is 37.5 Å². The third-order valence-electron chi connectivity index (χ3n) is 17.8. The second-order valence-corrected chi connectivity index (χ2v) is 35.9. The molecule has 0 N–H and O–H groups in total. The molecule has 0 aromatic heterocycles. The number of carbonyl (C=O) groups excluding carboxylic acids is 5. The summed E-state index contributed by atoms with van der Waals surface area (Å²) in [6.45, 7) is 5.89. The topological polar surface area (TPSA) is 239 Å². The van der Waals surface area contributed by atoms with Gasteiger partial charge in [0.15, 0.2) is 5.78 Å². The number of hydrogen-bond donors (Lipinski definition) is 0. The molecule has 0 radical (unpaired) electrons. The highest BCUT2D eigenvalue weighted by Crippen LogP contribution is 2.40. The van der Waals surface area contributed by atoms with Crippen LogP contribution in [0.5, 0.6) is 11.5 Å². The maximum Gasteiger partial charge on any atom is 0.306 e. The van der Waals surface area contributed by atoms with Crippen molar-refractivity contribution >= 4 is 90.0 Å². The highest BCUT2D eigenvalue weighted by molar-refractivity contribution is 14.1. The van der Waals surface area contributed by atoms with Gasteiger partial charge in [0.25, 0.3) is 0 Å². The number of nitrogens with zero attached hydrogens (tertiary/aromatic N) is 2. The molecule has 0 heterocycles. The second kappa shape index (κ2) is 58.3. The summed E-state index contributed by atoms with van der Waals surface area (Å²) in [5.74, 6) is -0.467. The standard InChI is InChI=1S/C79H136I2N2O17P2/c1-9-11-13-15-17-19-21-23-29-35-41-47-75(84)95-63-69(65-101(89,90)97-59-55-82(3,4)5)99-77(86)49-43-37-31-25-27-33-39-45-57-93-73-53-51-67(61-71(73)80)79(88)68-52-54-74(72(81)62-68)94-58-46-40-34-28-26-32-38-44-50-78(87)100-70(66-102(91,92)98-60-56-83(6,7)8)64-96-76(85)48-42-36-30-24-22-20-18-16-14-12-10-2/h51-54,61-62,69-70H,9-50,55-60,63-66H2,1-8H3. The van der Waals surface area contributed by atoms with Crippen molar-refractivity contribution in [1.82, 2.24) is 0 Å². The highest BCUT2D eigenvalue weighted by Gasteiger charge is 2.27. The number of rotatable bonds is 68. The number of carbonyl (C=O) groups is 5. The van der Waals surface area contributed by atoms with Crippen molar-refractivity contribution in [2.45, 2.75) is 296 Å². The van der Waals surface area contributed by atoms with Crippen molar-refractivity contribution < 1.29 is 89.3 Å². The quantitative estimate of drug-likeness (QED) is 0.0114. The van der Waals surface area contributed by atoms with Gasteiger partial charge in [0, 0.05) is 36.8 Å². The molecule has 0 saturated heterocycles. The number of halogens is 2. The average molecular weight is 1700 g/mol. The van der Waals surface area contributed by atoms with Gasteiger partial charge in [-0.1, -0.05) is 219 Å². The van der Waals surface area contributed by atoms with Gasteiger partial charge in [0.05, 0.1) is 75.0 Å². The van der Waals surface area contributed by atoms with E-state index in [1.807, 2.05) is 78.7 Å². The first-order valence-electron chi connectivity index (χ1n) is 39.3. The van der Waals surface area contributed by atoms with Crippen molar-refractivity contribution in [3.05, 3.63) is 54.7 Å². The molecule has 0 aliphatic heterocycles. The number of ether oxygens (including phenoxy) is 6. The number of ketones is 1. The van der Waals surface area contributed by atoms with E-state index >= 15 is 0 Å². The molecule has 0 aliphatic carbocycles. The van der Waals surface area contributed by atoms with Crippen LogP contribution < -0.4 is 19.3 Å². The fourth-order valence-corrected chi connectivity index (χ4v) is 15.2. The van der Waals surface area contributed by atoms with Crippen LogP contribution in [0.3, 0.4) is 0 Å². The van der Waals surface area contributed by atoms with Gasteiger partial charge in [-0.2, -0.15) is 0 Å². The Labute approximate surface area is 644 Å². The molecule has 19 nitrogen and oxygen atoms in total. The van der Waals surface area contributed by atoms with Gasteiger partial charge in [-0.25, -0.2) is 0 Å². The monoisotopic (exact) mass is 1700 g/mol. The SMILES string of the molecule is CCCCCCCCCCCCCC(=O)OCC(CP(=O)([O-])OCC[N+](C)(C)C)OC(=O)CCCCCCCCCCOc1ccc(C(=O)c2ccc(OCCCCCCCCCCC(=O)OC(COC(=O)CCCCCCCCCCCCC)CP(=O)([O-])OCC[N+](C)(C)C)c(I)c2)cc1I. The predicted octanol–water partition coefficient (Wildman–Crippen LogP) is 18.8. The average Bonchev–Trinajstić information content (AvgIpc) is 0.824. The van der Waals surface area contributed by atoms with Gasteiger partial charge in [-0.15, -0.1) is 0 Å². The largest absolute Gasteiger partial charge is 0.778 e. The van der Waals surface area contributed by atoms with Gasteiger partial charge in [-0.3, -0.25) is 24.0 Å². The first-order chi connectivity index (χ1) is 48.7. The zero-order chi connectivity index (χ0) is 75.2. The summed E-state index contributed by atoms with van der Waals surface area (Å²) >= 11 is 4.43. The van der Waals surface area contributed by atoms with E-state index in [1.165, 1.54) is 89.9 Å². The number of likely N-dealkylation sites (N-methyl/N-ethyl adjacent to an activating group) is 2. The van der Waals surface area contributed by atoms with Gasteiger partial charge < -0.3 is 65.4 Å². The Bertz CT molecular complexity index is 2500. The van der Waals surface area contributed by atoms with Crippen molar-refractivity contribution in [2.24, 2.45) is 0 Å². The second-order valence-electron chi connectivity index (χ2n) is 29.9. The minimum absolute atomic E-state index is 0.000813. The lowest BCUT2D eigenvalue weighted by atomic mass is 10.0. The molecule has 102 heavy (non-hydrogen) atoms. The molecule has 2 aromatic rings. The fraction of sp³-hybridized carbons (Fsp3) is 0.785. The molecule has 0 spiro atoms. The zero-order valence-corrected chi connectivity index (χ0v) is 70.5. The Morgan fingerprint density at radius 1 is 0.382 bits per heavy atom. The Hall–Kier alpha value is -2.73. The number of quaternary nitrogens is 2. The summed E-state index contributed by atoms with van der Waals surface area (Å²) in [4.78, 5) is 90.5. The Balaban J connectivity index is 1.64. The Morgan fingerprint density at radius 2 is 0.647 bits per heavy atom. The van der Waals surface area contributed by atoms with Gasteiger partial charge >= 0.3 is 23.9 Å². The van der Waals surface area contributed by atoms with E-state index in [0.717, 1.165) is 147 Å². The van der Waals surface area contributed by atoms with Gasteiger partial charge in [0.2, 0.25) is 0 Å². The smallest absolute Gasteiger partial charge is 0.306 e. The summed E-state index contributed by atoms with van der Waals surface area (Å²) in [6, 6.07) is 11.1. The molecular formula is C79H136I2N2O17P2. The lowest BCUT2D eigenvalue weighted by Gasteiger charge is -2.30.